The van der Waals surface area contributed by atoms with Crippen molar-refractivity contribution in [2.75, 3.05) is 26.0 Å². The van der Waals surface area contributed by atoms with Gasteiger partial charge in [-0.3, -0.25) is 9.08 Å². The Hall–Kier alpha value is -0.950. The van der Waals surface area contributed by atoms with Gasteiger partial charge in [-0.2, -0.15) is 8.42 Å². The molecule has 0 amide bonds. The van der Waals surface area contributed by atoms with Gasteiger partial charge < -0.3 is 4.74 Å². The van der Waals surface area contributed by atoms with E-state index in [0.29, 0.717) is 19.4 Å². The number of hydrogen-bond acceptors (Lipinski definition) is 5. The number of nitrogens with zero attached hydrogens (tertiary/aromatic N) is 1. The monoisotopic (exact) mass is 339 g/mol. The first-order chi connectivity index (χ1) is 10.9. The number of benzene rings is 1. The second kappa shape index (κ2) is 6.89. The molecule has 2 aliphatic heterocycles. The molecule has 6 heteroatoms. The molecule has 0 bridgehead atoms. The zero-order valence-electron chi connectivity index (χ0n) is 13.6. The summed E-state index contributed by atoms with van der Waals surface area (Å²) in [5.41, 5.74) is 1.12. The number of rotatable bonds is 4. The van der Waals surface area contributed by atoms with Crippen molar-refractivity contribution in [3.8, 4) is 0 Å². The van der Waals surface area contributed by atoms with E-state index in [0.717, 1.165) is 38.7 Å². The van der Waals surface area contributed by atoms with Gasteiger partial charge in [-0.25, -0.2) is 0 Å². The van der Waals surface area contributed by atoms with Crippen LogP contribution in [0.2, 0.25) is 0 Å². The third kappa shape index (κ3) is 4.76. The molecule has 2 heterocycles. The van der Waals surface area contributed by atoms with Crippen LogP contribution in [-0.4, -0.2) is 51.0 Å². The average molecular weight is 339 g/mol. The zero-order valence-corrected chi connectivity index (χ0v) is 14.4. The zero-order chi connectivity index (χ0) is 16.3. The molecule has 1 atom stereocenters. The number of ether oxygens (including phenoxy) is 1. The summed E-state index contributed by atoms with van der Waals surface area (Å²) in [5.74, 6) is 0. The van der Waals surface area contributed by atoms with Gasteiger partial charge in [-0.15, -0.1) is 0 Å². The molecule has 0 radical (unpaired) electrons. The van der Waals surface area contributed by atoms with Crippen LogP contribution >= 0.6 is 0 Å². The van der Waals surface area contributed by atoms with Gasteiger partial charge in [0.1, 0.15) is 0 Å². The van der Waals surface area contributed by atoms with E-state index >= 15 is 0 Å². The lowest BCUT2D eigenvalue weighted by Gasteiger charge is -2.45. The van der Waals surface area contributed by atoms with Crippen molar-refractivity contribution in [3.05, 3.63) is 35.9 Å². The van der Waals surface area contributed by atoms with Crippen LogP contribution in [0.3, 0.4) is 0 Å². The largest absolute Gasteiger partial charge is 0.375 e. The van der Waals surface area contributed by atoms with E-state index in [4.69, 9.17) is 8.92 Å². The molecule has 0 N–H and O–H groups in total. The Balaban J connectivity index is 1.55. The van der Waals surface area contributed by atoms with E-state index in [1.807, 2.05) is 6.07 Å². The Morgan fingerprint density at radius 2 is 1.96 bits per heavy atom. The number of hydrogen-bond donors (Lipinski definition) is 0. The van der Waals surface area contributed by atoms with Crippen molar-refractivity contribution < 1.29 is 17.3 Å². The maximum absolute atomic E-state index is 11.4. The normalized spacial score (nSPS) is 25.5. The van der Waals surface area contributed by atoms with E-state index in [-0.39, 0.29) is 11.7 Å². The first-order valence-corrected chi connectivity index (χ1v) is 10.0. The predicted octanol–water partition coefficient (Wildman–Crippen LogP) is 2.18. The van der Waals surface area contributed by atoms with Crippen LogP contribution in [0.15, 0.2) is 30.3 Å². The van der Waals surface area contributed by atoms with Crippen LogP contribution in [0.1, 0.15) is 31.2 Å². The van der Waals surface area contributed by atoms with Crippen LogP contribution in [-0.2, 0) is 25.6 Å². The minimum Gasteiger partial charge on any atom is -0.375 e. The van der Waals surface area contributed by atoms with Gasteiger partial charge >= 0.3 is 0 Å². The van der Waals surface area contributed by atoms with Gasteiger partial charge in [0.2, 0.25) is 0 Å². The topological polar surface area (TPSA) is 55.8 Å². The Kier molecular flexibility index (Phi) is 5.06. The van der Waals surface area contributed by atoms with Crippen LogP contribution in [0.5, 0.6) is 0 Å². The Morgan fingerprint density at radius 1 is 1.26 bits per heavy atom. The maximum atomic E-state index is 11.4. The molecule has 128 valence electrons. The molecule has 0 aliphatic carbocycles. The van der Waals surface area contributed by atoms with Gasteiger partial charge in [0.05, 0.1) is 18.0 Å². The van der Waals surface area contributed by atoms with Gasteiger partial charge in [-0.1, -0.05) is 30.3 Å². The highest BCUT2D eigenvalue weighted by molar-refractivity contribution is 7.86. The highest BCUT2D eigenvalue weighted by Crippen LogP contribution is 2.36. The van der Waals surface area contributed by atoms with Gasteiger partial charge in [0.15, 0.2) is 0 Å². The summed E-state index contributed by atoms with van der Waals surface area (Å²) in [6.07, 6.45) is 4.09. The predicted molar refractivity (Wildman–Crippen MR) is 88.6 cm³/mol. The molecule has 1 aromatic rings. The molecule has 1 aromatic carbocycles. The fraction of sp³-hybridized carbons (Fsp3) is 0.647. The smallest absolute Gasteiger partial charge is 0.264 e. The molecular formula is C17H25NO4S. The third-order valence-electron chi connectivity index (χ3n) is 4.77. The lowest BCUT2D eigenvalue weighted by atomic mass is 9.83. The van der Waals surface area contributed by atoms with Crippen molar-refractivity contribution in [1.29, 1.82) is 0 Å². The van der Waals surface area contributed by atoms with Crippen LogP contribution in [0.25, 0.3) is 0 Å². The molecule has 0 aromatic heterocycles. The Bertz CT molecular complexity index is 609. The van der Waals surface area contributed by atoms with Gasteiger partial charge in [0.25, 0.3) is 10.1 Å². The van der Waals surface area contributed by atoms with Gasteiger partial charge in [0, 0.05) is 32.7 Å². The van der Waals surface area contributed by atoms with Crippen molar-refractivity contribution in [2.24, 2.45) is 0 Å². The minimum atomic E-state index is -3.40. The first-order valence-electron chi connectivity index (χ1n) is 8.23. The van der Waals surface area contributed by atoms with E-state index in [9.17, 15) is 8.42 Å². The standard InChI is InChI=1S/C17H25NO4S/c1-23(19,20)22-16-7-12-21-17(13-16)8-10-18(11-9-17)14-15-5-3-2-4-6-15/h2-6,16H,7-14H2,1H3. The average Bonchev–Trinajstić information content (AvgIpc) is 2.50. The second-order valence-electron chi connectivity index (χ2n) is 6.71. The second-order valence-corrected chi connectivity index (χ2v) is 8.31. The van der Waals surface area contributed by atoms with Crippen molar-refractivity contribution in [3.63, 3.8) is 0 Å². The molecule has 3 rings (SSSR count). The van der Waals surface area contributed by atoms with Crippen LogP contribution in [0, 0.1) is 0 Å². The summed E-state index contributed by atoms with van der Waals surface area (Å²) in [4.78, 5) is 2.44. The molecule has 23 heavy (non-hydrogen) atoms. The molecule has 5 nitrogen and oxygen atoms in total. The molecule has 2 saturated heterocycles. The fourth-order valence-corrected chi connectivity index (χ4v) is 4.28. The SMILES string of the molecule is CS(=O)(=O)OC1CCOC2(CCN(Cc3ccccc3)CC2)C1. The summed E-state index contributed by atoms with van der Waals surface area (Å²) in [6, 6.07) is 10.5. The lowest BCUT2D eigenvalue weighted by Crippen LogP contribution is -2.50. The van der Waals surface area contributed by atoms with Crippen LogP contribution in [0.4, 0.5) is 0 Å². The molecule has 2 aliphatic rings. The van der Waals surface area contributed by atoms with Crippen molar-refractivity contribution in [2.45, 2.75) is 43.9 Å². The maximum Gasteiger partial charge on any atom is 0.264 e. The number of piperidine rings is 1. The summed E-state index contributed by atoms with van der Waals surface area (Å²) in [7, 11) is -3.40. The highest BCUT2D eigenvalue weighted by atomic mass is 32.2. The van der Waals surface area contributed by atoms with Crippen molar-refractivity contribution >= 4 is 10.1 Å². The lowest BCUT2D eigenvalue weighted by molar-refractivity contribution is -0.138. The molecule has 0 saturated carbocycles. The fourth-order valence-electron chi connectivity index (χ4n) is 3.62. The summed E-state index contributed by atoms with van der Waals surface area (Å²) >= 11 is 0. The summed E-state index contributed by atoms with van der Waals surface area (Å²) in [6.45, 7) is 3.49. The van der Waals surface area contributed by atoms with Crippen molar-refractivity contribution in [1.82, 2.24) is 4.90 Å². The summed E-state index contributed by atoms with van der Waals surface area (Å²) in [5, 5.41) is 0. The minimum absolute atomic E-state index is 0.208. The quantitative estimate of drug-likeness (QED) is 0.787. The number of likely N-dealkylation sites (tertiary alicyclic amines) is 1. The molecule has 2 fully saturated rings. The third-order valence-corrected chi connectivity index (χ3v) is 5.40. The van der Waals surface area contributed by atoms with E-state index in [1.165, 1.54) is 5.56 Å². The van der Waals surface area contributed by atoms with E-state index < -0.39 is 10.1 Å². The molecular weight excluding hydrogens is 314 g/mol. The highest BCUT2D eigenvalue weighted by Gasteiger charge is 2.41. The van der Waals surface area contributed by atoms with E-state index in [1.54, 1.807) is 0 Å². The molecule has 1 spiro atoms. The van der Waals surface area contributed by atoms with Gasteiger partial charge in [-0.05, 0) is 24.8 Å². The van der Waals surface area contributed by atoms with E-state index in [2.05, 4.69) is 29.2 Å². The Labute approximate surface area is 138 Å². The Morgan fingerprint density at radius 3 is 2.61 bits per heavy atom. The summed E-state index contributed by atoms with van der Waals surface area (Å²) < 4.78 is 34.0. The van der Waals surface area contributed by atoms with Crippen LogP contribution < -0.4 is 0 Å². The first kappa shape index (κ1) is 16.9. The molecule has 1 unspecified atom stereocenters.